The summed E-state index contributed by atoms with van der Waals surface area (Å²) in [5, 5.41) is 1.50. The van der Waals surface area contributed by atoms with Crippen LogP contribution in [0.4, 0.5) is 0 Å². The third-order valence-electron chi connectivity index (χ3n) is 2.88. The molecular weight excluding hydrogens is 309 g/mol. The average Bonchev–Trinajstić information content (AvgIpc) is 2.48. The summed E-state index contributed by atoms with van der Waals surface area (Å²) < 4.78 is 5.41. The predicted octanol–water partition coefficient (Wildman–Crippen LogP) is 4.53. The third kappa shape index (κ3) is 3.32. The first-order valence-corrected chi connectivity index (χ1v) is 6.43. The molecule has 0 bridgehead atoms. The highest BCUT2D eigenvalue weighted by Crippen LogP contribution is 2.24. The second kappa shape index (κ2) is 6.57. The van der Waals surface area contributed by atoms with Crippen molar-refractivity contribution in [3.63, 3.8) is 0 Å². The van der Waals surface area contributed by atoms with E-state index in [0.717, 1.165) is 5.39 Å². The lowest BCUT2D eigenvalue weighted by molar-refractivity contribution is 0.0737. The van der Waals surface area contributed by atoms with Gasteiger partial charge in [-0.2, -0.15) is 0 Å². The van der Waals surface area contributed by atoms with Crippen molar-refractivity contribution < 1.29 is 9.53 Å². The molecule has 0 unspecified atom stereocenters. The Labute approximate surface area is 132 Å². The van der Waals surface area contributed by atoms with E-state index in [-0.39, 0.29) is 12.4 Å². The number of para-hydroxylation sites is 1. The maximum Gasteiger partial charge on any atom is 0.343 e. The molecule has 0 amide bonds. The zero-order valence-electron chi connectivity index (χ0n) is 10.8. The number of esters is 1. The molecule has 0 saturated carbocycles. The Hall–Kier alpha value is -2.10. The van der Waals surface area contributed by atoms with Crippen LogP contribution in [-0.4, -0.2) is 11.0 Å². The second-order valence-electron chi connectivity index (χ2n) is 4.23. The van der Waals surface area contributed by atoms with Crippen molar-refractivity contribution in [2.75, 3.05) is 0 Å². The Morgan fingerprint density at radius 2 is 1.71 bits per heavy atom. The van der Waals surface area contributed by atoms with Gasteiger partial charge in [0.25, 0.3) is 0 Å². The fourth-order valence-corrected chi connectivity index (χ4v) is 2.03. The van der Waals surface area contributed by atoms with Gasteiger partial charge < -0.3 is 4.74 Å². The van der Waals surface area contributed by atoms with E-state index in [1.165, 1.54) is 0 Å². The topological polar surface area (TPSA) is 39.2 Å². The highest BCUT2D eigenvalue weighted by Gasteiger charge is 2.11. The van der Waals surface area contributed by atoms with E-state index in [1.807, 2.05) is 24.3 Å². The lowest BCUT2D eigenvalue weighted by Gasteiger charge is -2.06. The number of pyridine rings is 1. The van der Waals surface area contributed by atoms with E-state index in [9.17, 15) is 4.79 Å². The standard InChI is InChI=1S/C16H10ClNO2.ClH/c17-13-8-6-12(7-9-13)16(19)20-14-5-1-3-11-4-2-10-18-15(11)14;/h1-10H;1H. The summed E-state index contributed by atoms with van der Waals surface area (Å²) in [6.07, 6.45) is 1.67. The Morgan fingerprint density at radius 3 is 2.48 bits per heavy atom. The molecule has 0 radical (unpaired) electrons. The van der Waals surface area contributed by atoms with Gasteiger partial charge in [0.2, 0.25) is 0 Å². The number of ether oxygens (including phenoxy) is 1. The van der Waals surface area contributed by atoms with Crippen LogP contribution in [0, 0.1) is 0 Å². The molecule has 3 nitrogen and oxygen atoms in total. The van der Waals surface area contributed by atoms with Crippen molar-refractivity contribution in [3.05, 3.63) is 71.4 Å². The average molecular weight is 320 g/mol. The van der Waals surface area contributed by atoms with Gasteiger partial charge in [-0.3, -0.25) is 4.98 Å². The van der Waals surface area contributed by atoms with Crippen LogP contribution in [0.3, 0.4) is 0 Å². The number of fused-ring (bicyclic) bond motifs is 1. The molecule has 2 aromatic carbocycles. The van der Waals surface area contributed by atoms with Crippen molar-refractivity contribution in [3.8, 4) is 5.75 Å². The Bertz CT molecular complexity index is 767. The van der Waals surface area contributed by atoms with Gasteiger partial charge in [-0.15, -0.1) is 12.4 Å². The zero-order chi connectivity index (χ0) is 13.9. The number of hydrogen-bond donors (Lipinski definition) is 0. The zero-order valence-corrected chi connectivity index (χ0v) is 12.4. The van der Waals surface area contributed by atoms with Crippen molar-refractivity contribution in [2.24, 2.45) is 0 Å². The smallest absolute Gasteiger partial charge is 0.343 e. The molecule has 0 atom stereocenters. The normalized spacial score (nSPS) is 9.95. The minimum Gasteiger partial charge on any atom is -0.421 e. The first-order valence-electron chi connectivity index (χ1n) is 6.05. The van der Waals surface area contributed by atoms with Gasteiger partial charge >= 0.3 is 5.97 Å². The Balaban J connectivity index is 0.00000161. The highest BCUT2D eigenvalue weighted by molar-refractivity contribution is 6.30. The fraction of sp³-hybridized carbons (Fsp3) is 0. The quantitative estimate of drug-likeness (QED) is 0.514. The van der Waals surface area contributed by atoms with E-state index in [2.05, 4.69) is 4.98 Å². The molecule has 0 saturated heterocycles. The molecule has 0 N–H and O–H groups in total. The van der Waals surface area contributed by atoms with Crippen LogP contribution in [0.5, 0.6) is 5.75 Å². The molecule has 1 aromatic heterocycles. The maximum atomic E-state index is 12.1. The first kappa shape index (κ1) is 15.3. The van der Waals surface area contributed by atoms with Gasteiger partial charge in [-0.05, 0) is 36.4 Å². The number of benzene rings is 2. The van der Waals surface area contributed by atoms with Crippen LogP contribution in [0.1, 0.15) is 10.4 Å². The number of hydrogen-bond acceptors (Lipinski definition) is 3. The minimum atomic E-state index is -0.431. The molecular formula is C16H11Cl2NO2. The van der Waals surface area contributed by atoms with E-state index in [1.54, 1.807) is 36.5 Å². The highest BCUT2D eigenvalue weighted by atomic mass is 35.5. The summed E-state index contributed by atoms with van der Waals surface area (Å²) in [7, 11) is 0. The molecule has 5 heteroatoms. The van der Waals surface area contributed by atoms with E-state index in [4.69, 9.17) is 16.3 Å². The number of aromatic nitrogens is 1. The van der Waals surface area contributed by atoms with Gasteiger partial charge in [0, 0.05) is 16.6 Å². The van der Waals surface area contributed by atoms with Crippen molar-refractivity contribution >= 4 is 40.9 Å². The third-order valence-corrected chi connectivity index (χ3v) is 3.13. The molecule has 21 heavy (non-hydrogen) atoms. The molecule has 0 spiro atoms. The molecule has 0 fully saturated rings. The summed E-state index contributed by atoms with van der Waals surface area (Å²) in [4.78, 5) is 16.3. The van der Waals surface area contributed by atoms with Gasteiger partial charge in [-0.1, -0.05) is 29.8 Å². The summed E-state index contributed by atoms with van der Waals surface area (Å²) in [6.45, 7) is 0. The monoisotopic (exact) mass is 319 g/mol. The largest absolute Gasteiger partial charge is 0.421 e. The van der Waals surface area contributed by atoms with Gasteiger partial charge in [0.1, 0.15) is 5.52 Å². The SMILES string of the molecule is Cl.O=C(Oc1cccc2cccnc12)c1ccc(Cl)cc1. The number of rotatable bonds is 2. The van der Waals surface area contributed by atoms with Crippen LogP contribution in [-0.2, 0) is 0 Å². The van der Waals surface area contributed by atoms with Crippen LogP contribution in [0.15, 0.2) is 60.8 Å². The van der Waals surface area contributed by atoms with Crippen molar-refractivity contribution in [1.29, 1.82) is 0 Å². The van der Waals surface area contributed by atoms with Gasteiger partial charge in [0.15, 0.2) is 5.75 Å². The summed E-state index contributed by atoms with van der Waals surface area (Å²) >= 11 is 5.79. The van der Waals surface area contributed by atoms with Crippen LogP contribution < -0.4 is 4.74 Å². The molecule has 3 aromatic rings. The van der Waals surface area contributed by atoms with Gasteiger partial charge in [-0.25, -0.2) is 4.79 Å². The van der Waals surface area contributed by atoms with Crippen LogP contribution in [0.25, 0.3) is 10.9 Å². The molecule has 106 valence electrons. The van der Waals surface area contributed by atoms with Gasteiger partial charge in [0.05, 0.1) is 5.56 Å². The predicted molar refractivity (Wildman–Crippen MR) is 85.4 cm³/mol. The van der Waals surface area contributed by atoms with Crippen LogP contribution in [0.2, 0.25) is 5.02 Å². The Kier molecular flexibility index (Phi) is 4.78. The van der Waals surface area contributed by atoms with Crippen molar-refractivity contribution in [1.82, 2.24) is 4.98 Å². The van der Waals surface area contributed by atoms with E-state index >= 15 is 0 Å². The van der Waals surface area contributed by atoms with E-state index in [0.29, 0.717) is 21.9 Å². The van der Waals surface area contributed by atoms with Crippen molar-refractivity contribution in [2.45, 2.75) is 0 Å². The molecule has 0 aliphatic heterocycles. The maximum absolute atomic E-state index is 12.1. The minimum absolute atomic E-state index is 0. The van der Waals surface area contributed by atoms with E-state index < -0.39 is 5.97 Å². The molecule has 3 rings (SSSR count). The second-order valence-corrected chi connectivity index (χ2v) is 4.66. The lowest BCUT2D eigenvalue weighted by atomic mass is 10.2. The number of carbonyl (C=O) groups is 1. The summed E-state index contributed by atoms with van der Waals surface area (Å²) in [6, 6.07) is 15.8. The first-order chi connectivity index (χ1) is 9.74. The van der Waals surface area contributed by atoms with Crippen LogP contribution >= 0.6 is 24.0 Å². The fourth-order valence-electron chi connectivity index (χ4n) is 1.90. The molecule has 0 aliphatic carbocycles. The number of carbonyl (C=O) groups excluding carboxylic acids is 1. The Morgan fingerprint density at radius 1 is 1.00 bits per heavy atom. The molecule has 1 heterocycles. The molecule has 0 aliphatic rings. The summed E-state index contributed by atoms with van der Waals surface area (Å²) in [5.41, 5.74) is 1.11. The summed E-state index contributed by atoms with van der Waals surface area (Å²) in [5.74, 6) is 0.0165. The number of nitrogens with zero attached hydrogens (tertiary/aromatic N) is 1. The lowest BCUT2D eigenvalue weighted by Crippen LogP contribution is -2.08. The number of halogens is 2.